The van der Waals surface area contributed by atoms with Gasteiger partial charge in [-0.15, -0.1) is 0 Å². The van der Waals surface area contributed by atoms with Crippen molar-refractivity contribution in [1.29, 1.82) is 0 Å². The van der Waals surface area contributed by atoms with Crippen LogP contribution in [0.2, 0.25) is 0 Å². The van der Waals surface area contributed by atoms with Gasteiger partial charge in [-0.1, -0.05) is 24.3 Å². The number of amides is 1. The number of hydrogen-bond acceptors (Lipinski definition) is 4. The number of rotatable bonds is 5. The molecule has 0 unspecified atom stereocenters. The Bertz CT molecular complexity index is 700. The van der Waals surface area contributed by atoms with Crippen LogP contribution in [0.1, 0.15) is 15.9 Å². The van der Waals surface area contributed by atoms with Gasteiger partial charge in [0, 0.05) is 19.7 Å². The monoisotopic (exact) mass is 300 g/mol. The Balaban J connectivity index is 2.20. The lowest BCUT2D eigenvalue weighted by Gasteiger charge is -2.17. The molecule has 0 aliphatic heterocycles. The predicted octanol–water partition coefficient (Wildman–Crippen LogP) is 2.88. The molecule has 114 valence electrons. The molecule has 1 amide bonds. The van der Waals surface area contributed by atoms with Crippen LogP contribution in [0.3, 0.4) is 0 Å². The van der Waals surface area contributed by atoms with Crippen molar-refractivity contribution in [2.24, 2.45) is 0 Å². The van der Waals surface area contributed by atoms with E-state index in [1.54, 1.807) is 20.2 Å². The van der Waals surface area contributed by atoms with Crippen molar-refractivity contribution in [3.05, 3.63) is 69.8 Å². The summed E-state index contributed by atoms with van der Waals surface area (Å²) in [6.07, 6.45) is 0. The van der Waals surface area contributed by atoms with Crippen LogP contribution in [0.25, 0.3) is 0 Å². The second-order valence-corrected chi connectivity index (χ2v) is 4.79. The number of para-hydroxylation sites is 1. The van der Waals surface area contributed by atoms with E-state index < -0.39 is 10.8 Å². The van der Waals surface area contributed by atoms with Gasteiger partial charge in [-0.05, 0) is 23.8 Å². The van der Waals surface area contributed by atoms with Crippen LogP contribution in [0.5, 0.6) is 5.75 Å². The number of carbonyl (C=O) groups is 1. The molecule has 0 fully saturated rings. The van der Waals surface area contributed by atoms with Gasteiger partial charge in [-0.3, -0.25) is 14.9 Å². The Hall–Kier alpha value is -2.89. The smallest absolute Gasteiger partial charge is 0.282 e. The zero-order valence-corrected chi connectivity index (χ0v) is 12.4. The van der Waals surface area contributed by atoms with Gasteiger partial charge in [0.05, 0.1) is 12.0 Å². The summed E-state index contributed by atoms with van der Waals surface area (Å²) in [6.45, 7) is 0.335. The number of carbonyl (C=O) groups excluding carboxylic acids is 1. The van der Waals surface area contributed by atoms with E-state index >= 15 is 0 Å². The SMILES string of the molecule is COc1cccc(CN(C)C(=O)c2ccccc2[N+](=O)[O-])c1. The van der Waals surface area contributed by atoms with E-state index in [2.05, 4.69) is 0 Å². The minimum absolute atomic E-state index is 0.0814. The van der Waals surface area contributed by atoms with Crippen molar-refractivity contribution < 1.29 is 14.5 Å². The van der Waals surface area contributed by atoms with E-state index in [1.807, 2.05) is 24.3 Å². The average molecular weight is 300 g/mol. The van der Waals surface area contributed by atoms with Gasteiger partial charge < -0.3 is 9.64 Å². The highest BCUT2D eigenvalue weighted by atomic mass is 16.6. The third-order valence-corrected chi connectivity index (χ3v) is 3.23. The lowest BCUT2D eigenvalue weighted by atomic mass is 10.1. The van der Waals surface area contributed by atoms with Crippen LogP contribution >= 0.6 is 0 Å². The Morgan fingerprint density at radius 1 is 1.23 bits per heavy atom. The van der Waals surface area contributed by atoms with E-state index in [1.165, 1.54) is 23.1 Å². The van der Waals surface area contributed by atoms with Crippen LogP contribution in [-0.4, -0.2) is 29.9 Å². The third-order valence-electron chi connectivity index (χ3n) is 3.23. The summed E-state index contributed by atoms with van der Waals surface area (Å²) in [4.78, 5) is 24.3. The molecular formula is C16H16N2O4. The molecule has 0 bridgehead atoms. The van der Waals surface area contributed by atoms with Crippen LogP contribution in [-0.2, 0) is 6.54 Å². The molecule has 0 saturated carbocycles. The topological polar surface area (TPSA) is 72.7 Å². The maximum Gasteiger partial charge on any atom is 0.282 e. The molecule has 6 heteroatoms. The molecule has 0 radical (unpaired) electrons. The summed E-state index contributed by atoms with van der Waals surface area (Å²) in [7, 11) is 3.18. The van der Waals surface area contributed by atoms with Crippen molar-refractivity contribution in [3.8, 4) is 5.75 Å². The highest BCUT2D eigenvalue weighted by Crippen LogP contribution is 2.20. The van der Waals surface area contributed by atoms with Gasteiger partial charge in [-0.25, -0.2) is 0 Å². The molecule has 22 heavy (non-hydrogen) atoms. The molecule has 6 nitrogen and oxygen atoms in total. The fourth-order valence-corrected chi connectivity index (χ4v) is 2.14. The van der Waals surface area contributed by atoms with Gasteiger partial charge in [0.2, 0.25) is 0 Å². The number of benzene rings is 2. The van der Waals surface area contributed by atoms with Crippen molar-refractivity contribution >= 4 is 11.6 Å². The first kappa shape index (κ1) is 15.5. The molecule has 2 aromatic rings. The number of hydrogen-bond donors (Lipinski definition) is 0. The predicted molar refractivity (Wildman–Crippen MR) is 81.9 cm³/mol. The summed E-state index contributed by atoms with van der Waals surface area (Å²) in [5.74, 6) is 0.305. The lowest BCUT2D eigenvalue weighted by molar-refractivity contribution is -0.385. The molecule has 0 N–H and O–H groups in total. The molecule has 0 aromatic heterocycles. The van der Waals surface area contributed by atoms with Crippen LogP contribution in [0.4, 0.5) is 5.69 Å². The number of nitro groups is 1. The minimum atomic E-state index is -0.549. The maximum absolute atomic E-state index is 12.4. The summed E-state index contributed by atoms with van der Waals surface area (Å²) < 4.78 is 5.14. The van der Waals surface area contributed by atoms with Gasteiger partial charge in [-0.2, -0.15) is 0 Å². The number of nitro benzene ring substituents is 1. The Kier molecular flexibility index (Phi) is 4.73. The molecule has 0 atom stereocenters. The van der Waals surface area contributed by atoms with Gasteiger partial charge in [0.1, 0.15) is 11.3 Å². The van der Waals surface area contributed by atoms with E-state index in [4.69, 9.17) is 4.74 Å². The molecule has 2 aromatic carbocycles. The van der Waals surface area contributed by atoms with Crippen molar-refractivity contribution in [3.63, 3.8) is 0 Å². The van der Waals surface area contributed by atoms with Crippen molar-refractivity contribution in [2.75, 3.05) is 14.2 Å². The fraction of sp³-hybridized carbons (Fsp3) is 0.188. The quantitative estimate of drug-likeness (QED) is 0.628. The summed E-state index contributed by atoms with van der Waals surface area (Å²) >= 11 is 0. The minimum Gasteiger partial charge on any atom is -0.497 e. The maximum atomic E-state index is 12.4. The zero-order valence-electron chi connectivity index (χ0n) is 12.4. The van der Waals surface area contributed by atoms with Gasteiger partial charge in [0.25, 0.3) is 11.6 Å². The lowest BCUT2D eigenvalue weighted by Crippen LogP contribution is -2.26. The Morgan fingerprint density at radius 2 is 1.95 bits per heavy atom. The summed E-state index contributed by atoms with van der Waals surface area (Å²) in [5, 5.41) is 11.0. The normalized spacial score (nSPS) is 10.1. The van der Waals surface area contributed by atoms with Gasteiger partial charge >= 0.3 is 0 Å². The molecule has 0 aliphatic rings. The second-order valence-electron chi connectivity index (χ2n) is 4.79. The Labute approximate surface area is 128 Å². The van der Waals surface area contributed by atoms with E-state index in [0.717, 1.165) is 5.56 Å². The molecule has 2 rings (SSSR count). The first-order chi connectivity index (χ1) is 10.5. The fourth-order valence-electron chi connectivity index (χ4n) is 2.14. The molecule has 0 aliphatic carbocycles. The van der Waals surface area contributed by atoms with Crippen LogP contribution in [0.15, 0.2) is 48.5 Å². The standard InChI is InChI=1S/C16H16N2O4/c1-17(11-12-6-5-7-13(10-12)22-2)16(19)14-8-3-4-9-15(14)18(20)21/h3-10H,11H2,1-2H3. The zero-order chi connectivity index (χ0) is 16.1. The van der Waals surface area contributed by atoms with Crippen molar-refractivity contribution in [2.45, 2.75) is 6.54 Å². The van der Waals surface area contributed by atoms with Gasteiger partial charge in [0.15, 0.2) is 0 Å². The Morgan fingerprint density at radius 3 is 2.64 bits per heavy atom. The number of methoxy groups -OCH3 is 1. The number of nitrogens with zero attached hydrogens (tertiary/aromatic N) is 2. The van der Waals surface area contributed by atoms with E-state index in [0.29, 0.717) is 12.3 Å². The first-order valence-corrected chi connectivity index (χ1v) is 6.64. The van der Waals surface area contributed by atoms with E-state index in [-0.39, 0.29) is 11.3 Å². The van der Waals surface area contributed by atoms with Crippen molar-refractivity contribution in [1.82, 2.24) is 4.90 Å². The highest BCUT2D eigenvalue weighted by Gasteiger charge is 2.22. The second kappa shape index (κ2) is 6.71. The largest absolute Gasteiger partial charge is 0.497 e. The summed E-state index contributed by atoms with van der Waals surface area (Å²) in [6, 6.07) is 13.3. The molecule has 0 heterocycles. The molecular weight excluding hydrogens is 284 g/mol. The van der Waals surface area contributed by atoms with Crippen LogP contribution in [0, 0.1) is 10.1 Å². The molecule has 0 saturated heterocycles. The van der Waals surface area contributed by atoms with Crippen LogP contribution < -0.4 is 4.74 Å². The third kappa shape index (κ3) is 3.41. The van der Waals surface area contributed by atoms with E-state index in [9.17, 15) is 14.9 Å². The summed E-state index contributed by atoms with van der Waals surface area (Å²) in [5.41, 5.74) is 0.775. The average Bonchev–Trinajstić information content (AvgIpc) is 2.54. The first-order valence-electron chi connectivity index (χ1n) is 6.64. The molecule has 0 spiro atoms. The number of ether oxygens (including phenoxy) is 1. The highest BCUT2D eigenvalue weighted by molar-refractivity contribution is 5.97.